The number of carbonyl (C=O) groups is 2. The fraction of sp³-hybridized carbons (Fsp3) is 0.176. The van der Waals surface area contributed by atoms with E-state index in [1.165, 1.54) is 50.4 Å². The maximum atomic E-state index is 13.6. The number of esters is 1. The number of methoxy groups -OCH3 is 1. The summed E-state index contributed by atoms with van der Waals surface area (Å²) in [7, 11) is 1.30. The molecule has 7 heteroatoms. The third-order valence-corrected chi connectivity index (χ3v) is 3.15. The number of hydrogen-bond donors (Lipinski definition) is 1. The number of ether oxygens (including phenoxy) is 2. The summed E-state index contributed by atoms with van der Waals surface area (Å²) in [4.78, 5) is 23.9. The average Bonchev–Trinajstić information content (AvgIpc) is 2.56. The van der Waals surface area contributed by atoms with E-state index in [-0.39, 0.29) is 11.3 Å². The van der Waals surface area contributed by atoms with Crippen LogP contribution >= 0.6 is 0 Å². The number of halogens is 2. The van der Waals surface area contributed by atoms with Crippen LogP contribution in [0, 0.1) is 11.6 Å². The van der Waals surface area contributed by atoms with Crippen molar-refractivity contribution in [2.45, 2.75) is 13.0 Å². The fourth-order valence-electron chi connectivity index (χ4n) is 1.85. The lowest BCUT2D eigenvalue weighted by atomic mass is 10.2. The molecule has 1 amide bonds. The average molecular weight is 335 g/mol. The molecular formula is C17H15F2NO4. The van der Waals surface area contributed by atoms with E-state index in [0.29, 0.717) is 5.69 Å². The van der Waals surface area contributed by atoms with Crippen molar-refractivity contribution in [3.63, 3.8) is 0 Å². The molecule has 2 aromatic rings. The van der Waals surface area contributed by atoms with Crippen LogP contribution in [0.4, 0.5) is 14.5 Å². The van der Waals surface area contributed by atoms with Crippen molar-refractivity contribution >= 4 is 17.6 Å². The summed E-state index contributed by atoms with van der Waals surface area (Å²) < 4.78 is 36.1. The van der Waals surface area contributed by atoms with Crippen LogP contribution in [0.5, 0.6) is 5.75 Å². The van der Waals surface area contributed by atoms with Gasteiger partial charge in [0.1, 0.15) is 5.82 Å². The Morgan fingerprint density at radius 1 is 1.08 bits per heavy atom. The molecule has 1 N–H and O–H groups in total. The second kappa shape index (κ2) is 7.54. The Kier molecular flexibility index (Phi) is 5.47. The number of anilines is 1. The van der Waals surface area contributed by atoms with Gasteiger partial charge in [-0.2, -0.15) is 0 Å². The summed E-state index contributed by atoms with van der Waals surface area (Å²) in [5.74, 6) is -2.60. The monoisotopic (exact) mass is 335 g/mol. The Morgan fingerprint density at radius 3 is 2.33 bits per heavy atom. The second-order valence-electron chi connectivity index (χ2n) is 4.89. The molecule has 0 aliphatic rings. The minimum atomic E-state index is -1.12. The van der Waals surface area contributed by atoms with E-state index in [0.717, 1.165) is 6.07 Å². The predicted octanol–water partition coefficient (Wildman–Crippen LogP) is 3.16. The highest BCUT2D eigenvalue weighted by molar-refractivity contribution is 5.97. The third-order valence-electron chi connectivity index (χ3n) is 3.15. The van der Waals surface area contributed by atoms with Crippen molar-refractivity contribution < 1.29 is 27.8 Å². The van der Waals surface area contributed by atoms with E-state index in [4.69, 9.17) is 9.47 Å². The van der Waals surface area contributed by atoms with Crippen molar-refractivity contribution in [2.75, 3.05) is 12.4 Å². The van der Waals surface area contributed by atoms with Gasteiger partial charge < -0.3 is 14.8 Å². The molecule has 0 aliphatic heterocycles. The molecule has 0 saturated heterocycles. The molecule has 0 saturated carbocycles. The Hall–Kier alpha value is -2.96. The molecular weight excluding hydrogens is 320 g/mol. The zero-order valence-corrected chi connectivity index (χ0v) is 13.0. The molecule has 0 aliphatic carbocycles. The Labute approximate surface area is 137 Å². The molecule has 0 fully saturated rings. The van der Waals surface area contributed by atoms with Crippen molar-refractivity contribution in [3.05, 3.63) is 59.7 Å². The number of rotatable bonds is 5. The van der Waals surface area contributed by atoms with E-state index in [9.17, 15) is 18.4 Å². The molecule has 5 nitrogen and oxygen atoms in total. The van der Waals surface area contributed by atoms with E-state index >= 15 is 0 Å². The minimum absolute atomic E-state index is 0.00588. The first-order chi connectivity index (χ1) is 11.4. The van der Waals surface area contributed by atoms with Gasteiger partial charge in [0.25, 0.3) is 5.91 Å². The van der Waals surface area contributed by atoms with Crippen molar-refractivity contribution in [2.24, 2.45) is 0 Å². The SMILES string of the molecule is COc1ccc(C(=O)O[C@@H](C)C(=O)Nc2ccc(F)cc2)cc1F. The van der Waals surface area contributed by atoms with Gasteiger partial charge in [0, 0.05) is 5.69 Å². The quantitative estimate of drug-likeness (QED) is 0.853. The zero-order chi connectivity index (χ0) is 17.7. The fourth-order valence-corrected chi connectivity index (χ4v) is 1.85. The van der Waals surface area contributed by atoms with Gasteiger partial charge in [-0.15, -0.1) is 0 Å². The first-order valence-corrected chi connectivity index (χ1v) is 7.01. The van der Waals surface area contributed by atoms with Crippen LogP contribution in [0.2, 0.25) is 0 Å². The topological polar surface area (TPSA) is 64.6 Å². The van der Waals surface area contributed by atoms with Gasteiger partial charge >= 0.3 is 5.97 Å². The van der Waals surface area contributed by atoms with Gasteiger partial charge in [-0.1, -0.05) is 0 Å². The molecule has 126 valence electrons. The predicted molar refractivity (Wildman–Crippen MR) is 82.9 cm³/mol. The zero-order valence-electron chi connectivity index (χ0n) is 13.0. The normalized spacial score (nSPS) is 11.5. The second-order valence-corrected chi connectivity index (χ2v) is 4.89. The third kappa shape index (κ3) is 4.28. The highest BCUT2D eigenvalue weighted by atomic mass is 19.1. The van der Waals surface area contributed by atoms with Crippen LogP contribution in [0.15, 0.2) is 42.5 Å². The van der Waals surface area contributed by atoms with E-state index in [2.05, 4.69) is 5.32 Å². The summed E-state index contributed by atoms with van der Waals surface area (Å²) >= 11 is 0. The van der Waals surface area contributed by atoms with Crippen molar-refractivity contribution in [1.29, 1.82) is 0 Å². The molecule has 24 heavy (non-hydrogen) atoms. The molecule has 2 aromatic carbocycles. The summed E-state index contributed by atoms with van der Waals surface area (Å²) in [6, 6.07) is 8.70. The molecule has 1 atom stereocenters. The van der Waals surface area contributed by atoms with E-state index in [1.807, 2.05) is 0 Å². The molecule has 2 rings (SSSR count). The van der Waals surface area contributed by atoms with Crippen LogP contribution < -0.4 is 10.1 Å². The molecule has 0 radical (unpaired) electrons. The largest absolute Gasteiger partial charge is 0.494 e. The van der Waals surface area contributed by atoms with Gasteiger partial charge in [0.15, 0.2) is 17.7 Å². The van der Waals surface area contributed by atoms with Crippen LogP contribution in [0.3, 0.4) is 0 Å². The number of hydrogen-bond acceptors (Lipinski definition) is 4. The molecule has 0 aromatic heterocycles. The maximum absolute atomic E-state index is 13.6. The Bertz CT molecular complexity index is 747. The summed E-state index contributed by atoms with van der Waals surface area (Å²) in [5, 5.41) is 2.48. The van der Waals surface area contributed by atoms with Gasteiger partial charge in [-0.25, -0.2) is 13.6 Å². The maximum Gasteiger partial charge on any atom is 0.339 e. The first-order valence-electron chi connectivity index (χ1n) is 7.01. The summed E-state index contributed by atoms with van der Waals surface area (Å²) in [6.07, 6.45) is -1.12. The van der Waals surface area contributed by atoms with Gasteiger partial charge in [0.2, 0.25) is 0 Å². The number of amides is 1. The lowest BCUT2D eigenvalue weighted by Gasteiger charge is -2.14. The van der Waals surface area contributed by atoms with Crippen LogP contribution in [0.25, 0.3) is 0 Å². The van der Waals surface area contributed by atoms with E-state index in [1.54, 1.807) is 0 Å². The minimum Gasteiger partial charge on any atom is -0.494 e. The Balaban J connectivity index is 1.98. The van der Waals surface area contributed by atoms with Crippen molar-refractivity contribution in [1.82, 2.24) is 0 Å². The summed E-state index contributed by atoms with van der Waals surface area (Å²) in [5.41, 5.74) is 0.314. The molecule has 0 bridgehead atoms. The lowest BCUT2D eigenvalue weighted by Crippen LogP contribution is -2.30. The first kappa shape index (κ1) is 17.4. The van der Waals surface area contributed by atoms with Gasteiger partial charge in [-0.05, 0) is 49.4 Å². The van der Waals surface area contributed by atoms with Crippen LogP contribution in [-0.4, -0.2) is 25.1 Å². The number of nitrogens with one attached hydrogen (secondary N) is 1. The Morgan fingerprint density at radius 2 is 1.75 bits per heavy atom. The van der Waals surface area contributed by atoms with Gasteiger partial charge in [0.05, 0.1) is 12.7 Å². The molecule has 0 spiro atoms. The standard InChI is InChI=1S/C17H15F2NO4/c1-10(16(21)20-13-6-4-12(18)5-7-13)24-17(22)11-3-8-15(23-2)14(19)9-11/h3-10H,1-2H3,(H,20,21)/t10-/m0/s1. The highest BCUT2D eigenvalue weighted by Crippen LogP contribution is 2.18. The highest BCUT2D eigenvalue weighted by Gasteiger charge is 2.20. The van der Waals surface area contributed by atoms with Crippen LogP contribution in [0.1, 0.15) is 17.3 Å². The number of benzene rings is 2. The van der Waals surface area contributed by atoms with Gasteiger partial charge in [-0.3, -0.25) is 4.79 Å². The number of carbonyl (C=O) groups excluding carboxylic acids is 2. The lowest BCUT2D eigenvalue weighted by molar-refractivity contribution is -0.123. The molecule has 0 unspecified atom stereocenters. The van der Waals surface area contributed by atoms with Crippen LogP contribution in [-0.2, 0) is 9.53 Å². The summed E-state index contributed by atoms with van der Waals surface area (Å²) in [6.45, 7) is 1.37. The smallest absolute Gasteiger partial charge is 0.339 e. The van der Waals surface area contributed by atoms with Crippen molar-refractivity contribution in [3.8, 4) is 5.75 Å². The molecule has 0 heterocycles. The van der Waals surface area contributed by atoms with E-state index < -0.39 is 29.6 Å².